The molecule has 0 aliphatic carbocycles. The van der Waals surface area contributed by atoms with Crippen molar-refractivity contribution >= 4 is 5.91 Å². The topological polar surface area (TPSA) is 20.3 Å². The van der Waals surface area contributed by atoms with Gasteiger partial charge in [-0.25, -0.2) is 0 Å². The van der Waals surface area contributed by atoms with Gasteiger partial charge in [0.2, 0.25) is 5.91 Å². The first-order chi connectivity index (χ1) is 5.20. The molecule has 0 radical (unpaired) electrons. The summed E-state index contributed by atoms with van der Waals surface area (Å²) in [4.78, 5) is 12.9. The minimum atomic E-state index is 0.194. The van der Waals surface area contributed by atoms with Crippen molar-refractivity contribution in [1.82, 2.24) is 4.90 Å². The molecule has 0 unspecified atom stereocenters. The first kappa shape index (κ1) is 8.31. The summed E-state index contributed by atoms with van der Waals surface area (Å²) < 4.78 is 0. The quantitative estimate of drug-likeness (QED) is 0.484. The Hall–Kier alpha value is -0.790. The molecule has 1 rings (SSSR count). The molecule has 2 heteroatoms. The molecule has 0 aromatic heterocycles. The number of carbonyl (C=O) groups is 1. The van der Waals surface area contributed by atoms with Crippen LogP contribution in [0.2, 0.25) is 0 Å². The van der Waals surface area contributed by atoms with Crippen LogP contribution >= 0.6 is 0 Å². The van der Waals surface area contributed by atoms with Crippen LogP contribution in [-0.2, 0) is 4.79 Å². The first-order valence-corrected chi connectivity index (χ1v) is 4.11. The Kier molecular flexibility index (Phi) is 2.69. The van der Waals surface area contributed by atoms with Crippen molar-refractivity contribution < 1.29 is 4.79 Å². The van der Waals surface area contributed by atoms with Gasteiger partial charge in [0.1, 0.15) is 0 Å². The van der Waals surface area contributed by atoms with E-state index in [4.69, 9.17) is 0 Å². The van der Waals surface area contributed by atoms with Crippen LogP contribution < -0.4 is 0 Å². The van der Waals surface area contributed by atoms with Crippen LogP contribution in [0.15, 0.2) is 11.6 Å². The van der Waals surface area contributed by atoms with Crippen LogP contribution in [0.4, 0.5) is 0 Å². The lowest BCUT2D eigenvalue weighted by Gasteiger charge is -2.18. The van der Waals surface area contributed by atoms with Crippen LogP contribution in [-0.4, -0.2) is 23.9 Å². The zero-order valence-corrected chi connectivity index (χ0v) is 7.26. The van der Waals surface area contributed by atoms with Gasteiger partial charge in [-0.05, 0) is 19.8 Å². The Bertz CT molecular complexity index is 184. The van der Waals surface area contributed by atoms with Gasteiger partial charge in [0.25, 0.3) is 0 Å². The summed E-state index contributed by atoms with van der Waals surface area (Å²) in [5, 5.41) is 0. The summed E-state index contributed by atoms with van der Waals surface area (Å²) >= 11 is 0. The molecule has 0 saturated carbocycles. The number of rotatable bonds is 0. The van der Waals surface area contributed by atoms with E-state index in [-0.39, 0.29) is 5.91 Å². The highest BCUT2D eigenvalue weighted by molar-refractivity contribution is 5.73. The second kappa shape index (κ2) is 3.56. The highest BCUT2D eigenvalue weighted by atomic mass is 16.2. The van der Waals surface area contributed by atoms with Crippen molar-refractivity contribution in [3.05, 3.63) is 11.6 Å². The SMILES string of the molecule is CC(=O)N1CCCC=C(C)C1. The maximum atomic E-state index is 11.0. The molecule has 11 heavy (non-hydrogen) atoms. The summed E-state index contributed by atoms with van der Waals surface area (Å²) in [7, 11) is 0. The highest BCUT2D eigenvalue weighted by Gasteiger charge is 2.10. The van der Waals surface area contributed by atoms with E-state index in [9.17, 15) is 4.79 Å². The van der Waals surface area contributed by atoms with Crippen LogP contribution in [0.25, 0.3) is 0 Å². The zero-order valence-electron chi connectivity index (χ0n) is 7.26. The van der Waals surface area contributed by atoms with Gasteiger partial charge in [-0.15, -0.1) is 0 Å². The number of nitrogens with zero attached hydrogens (tertiary/aromatic N) is 1. The molecular weight excluding hydrogens is 138 g/mol. The molecule has 62 valence electrons. The molecule has 1 aliphatic heterocycles. The predicted molar refractivity (Wildman–Crippen MR) is 45.2 cm³/mol. The third-order valence-corrected chi connectivity index (χ3v) is 2.01. The number of hydrogen-bond acceptors (Lipinski definition) is 1. The van der Waals surface area contributed by atoms with Gasteiger partial charge in [0.05, 0.1) is 0 Å². The average molecular weight is 153 g/mol. The Balaban J connectivity index is 2.56. The number of carbonyl (C=O) groups excluding carboxylic acids is 1. The first-order valence-electron chi connectivity index (χ1n) is 4.11. The van der Waals surface area contributed by atoms with Crippen molar-refractivity contribution in [1.29, 1.82) is 0 Å². The number of hydrogen-bond donors (Lipinski definition) is 0. The molecule has 0 spiro atoms. The van der Waals surface area contributed by atoms with Gasteiger partial charge in [-0.2, -0.15) is 0 Å². The maximum absolute atomic E-state index is 11.0. The summed E-state index contributed by atoms with van der Waals surface area (Å²) in [6, 6.07) is 0. The zero-order chi connectivity index (χ0) is 8.27. The fraction of sp³-hybridized carbons (Fsp3) is 0.667. The maximum Gasteiger partial charge on any atom is 0.219 e. The van der Waals surface area contributed by atoms with Gasteiger partial charge in [0, 0.05) is 20.0 Å². The van der Waals surface area contributed by atoms with E-state index < -0.39 is 0 Å². The van der Waals surface area contributed by atoms with Crippen molar-refractivity contribution in [3.8, 4) is 0 Å². The lowest BCUT2D eigenvalue weighted by atomic mass is 10.2. The van der Waals surface area contributed by atoms with Crippen molar-refractivity contribution in [3.63, 3.8) is 0 Å². The molecule has 0 saturated heterocycles. The van der Waals surface area contributed by atoms with Gasteiger partial charge in [0.15, 0.2) is 0 Å². The molecule has 0 bridgehead atoms. The molecule has 0 aromatic rings. The normalized spacial score (nSPS) is 19.1. The molecular formula is C9H15NO. The van der Waals surface area contributed by atoms with Crippen LogP contribution in [0, 0.1) is 0 Å². The van der Waals surface area contributed by atoms with E-state index >= 15 is 0 Å². The Morgan fingerprint density at radius 2 is 2.36 bits per heavy atom. The predicted octanol–water partition coefficient (Wildman–Crippen LogP) is 1.58. The van der Waals surface area contributed by atoms with E-state index in [1.54, 1.807) is 6.92 Å². The smallest absolute Gasteiger partial charge is 0.219 e. The Morgan fingerprint density at radius 3 is 3.00 bits per heavy atom. The third kappa shape index (κ3) is 2.37. The van der Waals surface area contributed by atoms with Crippen molar-refractivity contribution in [2.24, 2.45) is 0 Å². The summed E-state index contributed by atoms with van der Waals surface area (Å²) in [5.74, 6) is 0.194. The fourth-order valence-electron chi connectivity index (χ4n) is 1.34. The van der Waals surface area contributed by atoms with E-state index in [0.717, 1.165) is 25.9 Å². The van der Waals surface area contributed by atoms with Crippen molar-refractivity contribution in [2.75, 3.05) is 13.1 Å². The summed E-state index contributed by atoms with van der Waals surface area (Å²) in [6.45, 7) is 5.47. The monoisotopic (exact) mass is 153 g/mol. The van der Waals surface area contributed by atoms with Gasteiger partial charge >= 0.3 is 0 Å². The lowest BCUT2D eigenvalue weighted by Crippen LogP contribution is -2.30. The number of amides is 1. The van der Waals surface area contributed by atoms with E-state index in [0.29, 0.717) is 0 Å². The van der Waals surface area contributed by atoms with E-state index in [1.807, 2.05) is 4.90 Å². The summed E-state index contributed by atoms with van der Waals surface area (Å²) in [5.41, 5.74) is 1.32. The van der Waals surface area contributed by atoms with E-state index in [1.165, 1.54) is 5.57 Å². The summed E-state index contributed by atoms with van der Waals surface area (Å²) in [6.07, 6.45) is 4.45. The molecule has 0 atom stereocenters. The molecule has 0 N–H and O–H groups in total. The average Bonchev–Trinajstić information content (AvgIpc) is 2.13. The molecule has 1 amide bonds. The highest BCUT2D eigenvalue weighted by Crippen LogP contribution is 2.08. The third-order valence-electron chi connectivity index (χ3n) is 2.01. The number of allylic oxidation sites excluding steroid dienone is 1. The Labute approximate surface area is 67.9 Å². The van der Waals surface area contributed by atoms with E-state index in [2.05, 4.69) is 13.0 Å². The van der Waals surface area contributed by atoms with Gasteiger partial charge < -0.3 is 4.90 Å². The lowest BCUT2D eigenvalue weighted by molar-refractivity contribution is -0.128. The second-order valence-corrected chi connectivity index (χ2v) is 3.13. The second-order valence-electron chi connectivity index (χ2n) is 3.13. The van der Waals surface area contributed by atoms with Gasteiger partial charge in [-0.1, -0.05) is 11.6 Å². The largest absolute Gasteiger partial charge is 0.339 e. The van der Waals surface area contributed by atoms with Crippen LogP contribution in [0.3, 0.4) is 0 Å². The molecule has 2 nitrogen and oxygen atoms in total. The standard InChI is InChI=1S/C9H15NO/c1-8-5-3-4-6-10(7-8)9(2)11/h5H,3-4,6-7H2,1-2H3. The fourth-order valence-corrected chi connectivity index (χ4v) is 1.34. The molecule has 1 aliphatic rings. The molecule has 0 aromatic carbocycles. The van der Waals surface area contributed by atoms with Gasteiger partial charge in [-0.3, -0.25) is 4.79 Å². The Morgan fingerprint density at radius 1 is 1.64 bits per heavy atom. The molecule has 1 heterocycles. The minimum Gasteiger partial charge on any atom is -0.339 e. The molecule has 0 fully saturated rings. The van der Waals surface area contributed by atoms with Crippen molar-refractivity contribution in [2.45, 2.75) is 26.7 Å². The minimum absolute atomic E-state index is 0.194. The van der Waals surface area contributed by atoms with Crippen LogP contribution in [0.1, 0.15) is 26.7 Å². The van der Waals surface area contributed by atoms with Crippen LogP contribution in [0.5, 0.6) is 0 Å².